The van der Waals surface area contributed by atoms with Crippen LogP contribution in [0, 0.1) is 5.95 Å². The standard InChI is InChI=1S/C22H21FN4O3S/c1-26-8-5-16-14(12-31(2,29)30)9-13-11-27(15-3-6-24-18(23)10-15)17-4-7-25-21(19(13)17)20(16)22(26)28/h3,5-6,8-11,17,25H,4,7,12H2,1-2H3. The molecule has 0 saturated carbocycles. The van der Waals surface area contributed by atoms with E-state index in [1.165, 1.54) is 23.1 Å². The lowest BCUT2D eigenvalue weighted by molar-refractivity contribution is 0.581. The number of aromatic nitrogens is 2. The van der Waals surface area contributed by atoms with Crippen LogP contribution in [-0.4, -0.2) is 42.6 Å². The van der Waals surface area contributed by atoms with Crippen molar-refractivity contribution < 1.29 is 12.8 Å². The average molecular weight is 441 g/mol. The minimum absolute atomic E-state index is 0.0976. The third kappa shape index (κ3) is 3.29. The van der Waals surface area contributed by atoms with Gasteiger partial charge in [0.1, 0.15) is 0 Å². The Morgan fingerprint density at radius 3 is 2.87 bits per heavy atom. The van der Waals surface area contributed by atoms with Gasteiger partial charge in [0.15, 0.2) is 9.84 Å². The maximum absolute atomic E-state index is 13.8. The number of pyridine rings is 2. The van der Waals surface area contributed by atoms with Gasteiger partial charge in [0, 0.05) is 55.8 Å². The topological polar surface area (TPSA) is 84.3 Å². The summed E-state index contributed by atoms with van der Waals surface area (Å²) in [6.45, 7) is 0.633. The molecule has 9 heteroatoms. The van der Waals surface area contributed by atoms with Crippen molar-refractivity contribution in [2.45, 2.75) is 12.5 Å². The van der Waals surface area contributed by atoms with Crippen LogP contribution in [0.4, 0.5) is 10.1 Å². The van der Waals surface area contributed by atoms with Gasteiger partial charge in [0.2, 0.25) is 5.95 Å². The summed E-state index contributed by atoms with van der Waals surface area (Å²) in [5.74, 6) is -0.752. The second-order valence-electron chi connectivity index (χ2n) is 8.11. The largest absolute Gasteiger partial charge is 0.384 e. The van der Waals surface area contributed by atoms with E-state index in [9.17, 15) is 17.6 Å². The number of aryl methyl sites for hydroxylation is 1. The molecule has 0 spiro atoms. The average Bonchev–Trinajstić information content (AvgIpc) is 3.01. The molecular weight excluding hydrogens is 419 g/mol. The highest BCUT2D eigenvalue weighted by Gasteiger charge is 2.38. The lowest BCUT2D eigenvalue weighted by Crippen LogP contribution is -2.38. The summed E-state index contributed by atoms with van der Waals surface area (Å²) in [5, 5.41) is 3.38. The van der Waals surface area contributed by atoms with Crippen LogP contribution in [0.25, 0.3) is 11.3 Å². The molecule has 3 aliphatic rings. The maximum atomic E-state index is 13.8. The van der Waals surface area contributed by atoms with Crippen LogP contribution in [0.15, 0.2) is 58.8 Å². The number of nitrogens with one attached hydrogen (secondary N) is 1. The molecule has 2 aliphatic heterocycles. The fraction of sp³-hybridized carbons (Fsp3) is 0.273. The summed E-state index contributed by atoms with van der Waals surface area (Å²) in [5.41, 5.74) is 4.60. The second-order valence-corrected chi connectivity index (χ2v) is 10.2. The molecule has 0 amide bonds. The third-order valence-corrected chi connectivity index (χ3v) is 6.70. The van der Waals surface area contributed by atoms with Gasteiger partial charge >= 0.3 is 0 Å². The zero-order valence-electron chi connectivity index (χ0n) is 17.1. The molecule has 7 nitrogen and oxygen atoms in total. The first-order valence-corrected chi connectivity index (χ1v) is 12.0. The van der Waals surface area contributed by atoms with E-state index in [1.807, 2.05) is 17.2 Å². The summed E-state index contributed by atoms with van der Waals surface area (Å²) in [4.78, 5) is 18.8. The Morgan fingerprint density at radius 1 is 1.32 bits per heavy atom. The quantitative estimate of drug-likeness (QED) is 0.734. The van der Waals surface area contributed by atoms with E-state index in [0.29, 0.717) is 28.9 Å². The van der Waals surface area contributed by atoms with Crippen molar-refractivity contribution in [2.75, 3.05) is 23.5 Å². The Kier molecular flexibility index (Phi) is 4.40. The second kappa shape index (κ2) is 6.91. The van der Waals surface area contributed by atoms with E-state index >= 15 is 0 Å². The van der Waals surface area contributed by atoms with Gasteiger partial charge in [-0.3, -0.25) is 4.79 Å². The number of halogens is 1. The van der Waals surface area contributed by atoms with Gasteiger partial charge in [-0.2, -0.15) is 4.39 Å². The van der Waals surface area contributed by atoms with Crippen molar-refractivity contribution in [3.05, 3.63) is 81.4 Å². The van der Waals surface area contributed by atoms with Crippen molar-refractivity contribution in [1.82, 2.24) is 14.9 Å². The molecule has 1 aliphatic carbocycles. The summed E-state index contributed by atoms with van der Waals surface area (Å²) < 4.78 is 39.7. The Bertz CT molecular complexity index is 1370. The van der Waals surface area contributed by atoms with Gasteiger partial charge in [-0.1, -0.05) is 0 Å². The maximum Gasteiger partial charge on any atom is 0.260 e. The lowest BCUT2D eigenvalue weighted by Gasteiger charge is -2.32. The number of anilines is 1. The van der Waals surface area contributed by atoms with Gasteiger partial charge in [0.25, 0.3) is 5.56 Å². The number of rotatable bonds is 3. The van der Waals surface area contributed by atoms with Crippen LogP contribution in [0.3, 0.4) is 0 Å². The minimum Gasteiger partial charge on any atom is -0.384 e. The van der Waals surface area contributed by atoms with Crippen LogP contribution >= 0.6 is 0 Å². The Balaban J connectivity index is 1.79. The van der Waals surface area contributed by atoms with E-state index in [1.54, 1.807) is 25.4 Å². The first kappa shape index (κ1) is 19.7. The van der Waals surface area contributed by atoms with Crippen LogP contribution in [0.5, 0.6) is 0 Å². The number of sulfone groups is 1. The predicted molar refractivity (Wildman–Crippen MR) is 117 cm³/mol. The zero-order chi connectivity index (χ0) is 21.9. The molecule has 160 valence electrons. The van der Waals surface area contributed by atoms with E-state index in [0.717, 1.165) is 23.3 Å². The lowest BCUT2D eigenvalue weighted by atomic mass is 9.92. The van der Waals surface area contributed by atoms with Crippen molar-refractivity contribution >= 4 is 26.8 Å². The van der Waals surface area contributed by atoms with Gasteiger partial charge in [-0.25, -0.2) is 13.4 Å². The van der Waals surface area contributed by atoms with Crippen LogP contribution in [0.2, 0.25) is 0 Å². The Morgan fingerprint density at radius 2 is 2.13 bits per heavy atom. The SMILES string of the molecule is Cn1ccc2c(c1=O)C1=C3C(=CN(c4ccnc(F)c4)C3CCN1)C=C2CS(C)(=O)=O. The monoisotopic (exact) mass is 440 g/mol. The highest BCUT2D eigenvalue weighted by molar-refractivity contribution is 7.91. The van der Waals surface area contributed by atoms with E-state index in [-0.39, 0.29) is 17.4 Å². The van der Waals surface area contributed by atoms with E-state index in [4.69, 9.17) is 0 Å². The molecule has 4 heterocycles. The van der Waals surface area contributed by atoms with Crippen molar-refractivity contribution in [2.24, 2.45) is 7.05 Å². The van der Waals surface area contributed by atoms with Crippen molar-refractivity contribution in [1.29, 1.82) is 0 Å². The zero-order valence-corrected chi connectivity index (χ0v) is 17.9. The van der Waals surface area contributed by atoms with Gasteiger partial charge in [0.05, 0.1) is 23.1 Å². The molecule has 0 saturated heterocycles. The van der Waals surface area contributed by atoms with Crippen molar-refractivity contribution in [3.8, 4) is 0 Å². The first-order chi connectivity index (χ1) is 14.7. The summed E-state index contributed by atoms with van der Waals surface area (Å²) >= 11 is 0. The smallest absolute Gasteiger partial charge is 0.260 e. The normalized spacial score (nSPS) is 19.8. The molecule has 0 fully saturated rings. The van der Waals surface area contributed by atoms with Gasteiger partial charge in [-0.05, 0) is 41.3 Å². The molecule has 1 unspecified atom stereocenters. The molecule has 5 rings (SSSR count). The number of hydrogen-bond donors (Lipinski definition) is 1. The van der Waals surface area contributed by atoms with Gasteiger partial charge in [-0.15, -0.1) is 0 Å². The van der Waals surface area contributed by atoms with Crippen LogP contribution in [0.1, 0.15) is 17.5 Å². The van der Waals surface area contributed by atoms with Gasteiger partial charge < -0.3 is 14.8 Å². The molecule has 2 aromatic heterocycles. The highest BCUT2D eigenvalue weighted by atomic mass is 32.2. The number of hydrogen-bond acceptors (Lipinski definition) is 6. The fourth-order valence-electron chi connectivity index (χ4n) is 4.62. The number of allylic oxidation sites excluding steroid dienone is 1. The molecule has 1 atom stereocenters. The number of fused-ring (bicyclic) bond motifs is 2. The van der Waals surface area contributed by atoms with Crippen molar-refractivity contribution in [3.63, 3.8) is 0 Å². The summed E-state index contributed by atoms with van der Waals surface area (Å²) in [7, 11) is -1.67. The molecule has 0 aromatic carbocycles. The van der Waals surface area contributed by atoms with E-state index in [2.05, 4.69) is 10.3 Å². The molecule has 0 radical (unpaired) electrons. The predicted octanol–water partition coefficient (Wildman–Crippen LogP) is 1.84. The summed E-state index contributed by atoms with van der Waals surface area (Å²) in [6, 6.07) is 4.81. The van der Waals surface area contributed by atoms with E-state index < -0.39 is 15.8 Å². The Hall–Kier alpha value is -3.20. The number of nitrogens with zero attached hydrogens (tertiary/aromatic N) is 3. The first-order valence-electron chi connectivity index (χ1n) is 9.92. The highest BCUT2D eigenvalue weighted by Crippen LogP contribution is 2.43. The van der Waals surface area contributed by atoms with Crippen LogP contribution in [-0.2, 0) is 16.9 Å². The molecule has 2 aromatic rings. The summed E-state index contributed by atoms with van der Waals surface area (Å²) in [6.07, 6.45) is 8.76. The minimum atomic E-state index is -3.34. The molecule has 0 bridgehead atoms. The third-order valence-electron chi connectivity index (χ3n) is 5.87. The fourth-order valence-corrected chi connectivity index (χ4v) is 5.42. The molecular formula is C22H21FN4O3S. The molecule has 31 heavy (non-hydrogen) atoms. The molecule has 1 N–H and O–H groups in total. The van der Waals surface area contributed by atoms with Crippen LogP contribution < -0.4 is 15.8 Å². The Labute approximate surface area is 179 Å².